The first-order valence-corrected chi connectivity index (χ1v) is 5.81. The summed E-state index contributed by atoms with van der Waals surface area (Å²) in [5, 5.41) is 9.15. The number of nitrogens with zero attached hydrogens (tertiary/aromatic N) is 3. The number of aryl methyl sites for hydroxylation is 3. The summed E-state index contributed by atoms with van der Waals surface area (Å²) in [4.78, 5) is 7.60. The Morgan fingerprint density at radius 1 is 1.35 bits per heavy atom. The summed E-state index contributed by atoms with van der Waals surface area (Å²) in [5.74, 6) is 1.60. The van der Waals surface area contributed by atoms with Gasteiger partial charge in [0.15, 0.2) is 11.5 Å². The van der Waals surface area contributed by atoms with Crippen LogP contribution in [0.3, 0.4) is 0 Å². The third kappa shape index (κ3) is 1.96. The van der Waals surface area contributed by atoms with Gasteiger partial charge in [-0.1, -0.05) is 6.92 Å². The Balaban J connectivity index is 2.55. The topological polar surface area (TPSA) is 57.4 Å². The molecular weight excluding hydrogens is 212 g/mol. The molecule has 0 unspecified atom stereocenters. The van der Waals surface area contributed by atoms with E-state index in [1.54, 1.807) is 0 Å². The van der Waals surface area contributed by atoms with Crippen LogP contribution in [0.15, 0.2) is 12.1 Å². The highest BCUT2D eigenvalue weighted by atomic mass is 15.1. The van der Waals surface area contributed by atoms with E-state index >= 15 is 0 Å². The quantitative estimate of drug-likeness (QED) is 0.878. The van der Waals surface area contributed by atoms with Crippen molar-refractivity contribution < 1.29 is 0 Å². The van der Waals surface area contributed by atoms with Gasteiger partial charge in [0.05, 0.1) is 0 Å². The lowest BCUT2D eigenvalue weighted by atomic mass is 10.3. The van der Waals surface area contributed by atoms with Gasteiger partial charge in [0.25, 0.3) is 0 Å². The minimum atomic E-state index is 0.538. The van der Waals surface area contributed by atoms with Crippen LogP contribution in [-0.4, -0.2) is 14.5 Å². The number of hydrogen-bond acceptors (Lipinski definition) is 2. The van der Waals surface area contributed by atoms with Crippen LogP contribution in [0.5, 0.6) is 0 Å². The molecule has 0 fully saturated rings. The summed E-state index contributed by atoms with van der Waals surface area (Å²) in [6.45, 7) is 6.13. The van der Waals surface area contributed by atoms with Crippen LogP contribution in [0.2, 0.25) is 0 Å². The lowest BCUT2D eigenvalue weighted by Gasteiger charge is -2.05. The highest BCUT2D eigenvalue weighted by molar-refractivity contribution is 5.43. The molecule has 0 atom stereocenters. The Morgan fingerprint density at radius 2 is 2.00 bits per heavy atom. The number of imidazole rings is 1. The van der Waals surface area contributed by atoms with E-state index in [0.717, 1.165) is 35.9 Å². The van der Waals surface area contributed by atoms with Crippen molar-refractivity contribution in [2.45, 2.75) is 33.6 Å². The molecule has 2 rings (SSSR count). The molecule has 4 nitrogen and oxygen atoms in total. The van der Waals surface area contributed by atoms with Crippen LogP contribution in [0.1, 0.15) is 36.3 Å². The molecule has 0 amide bonds. The van der Waals surface area contributed by atoms with Crippen molar-refractivity contribution in [3.8, 4) is 11.9 Å². The van der Waals surface area contributed by atoms with Crippen LogP contribution in [0, 0.1) is 25.2 Å². The van der Waals surface area contributed by atoms with E-state index in [1.807, 2.05) is 30.5 Å². The zero-order chi connectivity index (χ0) is 12.4. The third-order valence-corrected chi connectivity index (χ3v) is 2.82. The molecular formula is C13H16N4. The fourth-order valence-electron chi connectivity index (χ4n) is 2.01. The SMILES string of the molecule is CCCc1nc(-n2c(C)ccc2C)c(C#N)[nH]1. The van der Waals surface area contributed by atoms with Crippen LogP contribution in [0.25, 0.3) is 5.82 Å². The molecule has 0 radical (unpaired) electrons. The maximum Gasteiger partial charge on any atom is 0.174 e. The smallest absolute Gasteiger partial charge is 0.174 e. The molecule has 0 saturated carbocycles. The number of hydrogen-bond donors (Lipinski definition) is 1. The van der Waals surface area contributed by atoms with Crippen molar-refractivity contribution in [1.29, 1.82) is 5.26 Å². The molecule has 0 spiro atoms. The highest BCUT2D eigenvalue weighted by Gasteiger charge is 2.14. The van der Waals surface area contributed by atoms with Crippen LogP contribution in [0.4, 0.5) is 0 Å². The minimum Gasteiger partial charge on any atom is -0.332 e. The molecule has 4 heteroatoms. The van der Waals surface area contributed by atoms with E-state index in [0.29, 0.717) is 5.69 Å². The second kappa shape index (κ2) is 4.46. The molecule has 1 N–H and O–H groups in total. The van der Waals surface area contributed by atoms with Gasteiger partial charge in [-0.25, -0.2) is 4.98 Å². The number of aromatic amines is 1. The number of nitriles is 1. The summed E-state index contributed by atoms with van der Waals surface area (Å²) in [7, 11) is 0. The Bertz CT molecular complexity index is 549. The second-order valence-electron chi connectivity index (χ2n) is 4.20. The van der Waals surface area contributed by atoms with Crippen molar-refractivity contribution in [3.05, 3.63) is 35.0 Å². The number of nitrogens with one attached hydrogen (secondary N) is 1. The van der Waals surface area contributed by atoms with Gasteiger partial charge in [-0.15, -0.1) is 0 Å². The van der Waals surface area contributed by atoms with Crippen LogP contribution in [-0.2, 0) is 6.42 Å². The fraction of sp³-hybridized carbons (Fsp3) is 0.385. The molecule has 0 aromatic carbocycles. The van der Waals surface area contributed by atoms with Crippen molar-refractivity contribution in [2.24, 2.45) is 0 Å². The van der Waals surface area contributed by atoms with Crippen molar-refractivity contribution in [1.82, 2.24) is 14.5 Å². The number of rotatable bonds is 3. The average molecular weight is 228 g/mol. The van der Waals surface area contributed by atoms with Gasteiger partial charge < -0.3 is 9.55 Å². The Kier molecular flexibility index (Phi) is 3.01. The van der Waals surface area contributed by atoms with Crippen LogP contribution < -0.4 is 0 Å². The summed E-state index contributed by atoms with van der Waals surface area (Å²) < 4.78 is 2.01. The number of aromatic nitrogens is 3. The summed E-state index contributed by atoms with van der Waals surface area (Å²) in [6, 6.07) is 6.24. The van der Waals surface area contributed by atoms with Gasteiger partial charge >= 0.3 is 0 Å². The zero-order valence-corrected chi connectivity index (χ0v) is 10.4. The van der Waals surface area contributed by atoms with Gasteiger partial charge in [0.2, 0.25) is 0 Å². The lowest BCUT2D eigenvalue weighted by Crippen LogP contribution is -2.01. The molecule has 0 saturated heterocycles. The van der Waals surface area contributed by atoms with Gasteiger partial charge in [-0.2, -0.15) is 5.26 Å². The molecule has 2 aromatic heterocycles. The van der Waals surface area contributed by atoms with E-state index in [-0.39, 0.29) is 0 Å². The van der Waals surface area contributed by atoms with Gasteiger partial charge in [-0.05, 0) is 32.4 Å². The predicted molar refractivity (Wildman–Crippen MR) is 66.1 cm³/mol. The lowest BCUT2D eigenvalue weighted by molar-refractivity contribution is 0.845. The Labute approximate surface area is 101 Å². The van der Waals surface area contributed by atoms with E-state index < -0.39 is 0 Å². The first-order valence-electron chi connectivity index (χ1n) is 5.81. The van der Waals surface area contributed by atoms with Crippen molar-refractivity contribution >= 4 is 0 Å². The first-order chi connectivity index (χ1) is 8.17. The van der Waals surface area contributed by atoms with Gasteiger partial charge in [-0.3, -0.25) is 0 Å². The second-order valence-corrected chi connectivity index (χ2v) is 4.20. The van der Waals surface area contributed by atoms with E-state index in [2.05, 4.69) is 23.0 Å². The van der Waals surface area contributed by atoms with Crippen LogP contribution >= 0.6 is 0 Å². The predicted octanol–water partition coefficient (Wildman–Crippen LogP) is 2.64. The Morgan fingerprint density at radius 3 is 2.53 bits per heavy atom. The van der Waals surface area contributed by atoms with E-state index in [4.69, 9.17) is 5.26 Å². The van der Waals surface area contributed by atoms with Gasteiger partial charge in [0.1, 0.15) is 11.9 Å². The standard InChI is InChI=1S/C13H16N4/c1-4-5-12-15-11(8-14)13(16-12)17-9(2)6-7-10(17)3/h6-7H,4-5H2,1-3H3,(H,15,16). The average Bonchev–Trinajstić information content (AvgIpc) is 2.83. The molecule has 0 aliphatic carbocycles. The monoisotopic (exact) mass is 228 g/mol. The highest BCUT2D eigenvalue weighted by Crippen LogP contribution is 2.18. The summed E-state index contributed by atoms with van der Waals surface area (Å²) in [6.07, 6.45) is 1.88. The molecule has 2 aromatic rings. The largest absolute Gasteiger partial charge is 0.332 e. The molecule has 88 valence electrons. The molecule has 2 heterocycles. The zero-order valence-electron chi connectivity index (χ0n) is 10.4. The molecule has 0 aliphatic rings. The molecule has 0 bridgehead atoms. The van der Waals surface area contributed by atoms with Crippen molar-refractivity contribution in [3.63, 3.8) is 0 Å². The maximum absolute atomic E-state index is 9.15. The number of H-pyrrole nitrogens is 1. The molecule has 0 aliphatic heterocycles. The third-order valence-electron chi connectivity index (χ3n) is 2.82. The minimum absolute atomic E-state index is 0.538. The Hall–Kier alpha value is -2.02. The van der Waals surface area contributed by atoms with E-state index in [1.165, 1.54) is 0 Å². The maximum atomic E-state index is 9.15. The van der Waals surface area contributed by atoms with E-state index in [9.17, 15) is 0 Å². The van der Waals surface area contributed by atoms with Gasteiger partial charge in [0, 0.05) is 17.8 Å². The van der Waals surface area contributed by atoms with Crippen molar-refractivity contribution in [2.75, 3.05) is 0 Å². The molecule has 17 heavy (non-hydrogen) atoms. The normalized spacial score (nSPS) is 10.5. The summed E-state index contributed by atoms with van der Waals surface area (Å²) in [5.41, 5.74) is 2.72. The summed E-state index contributed by atoms with van der Waals surface area (Å²) >= 11 is 0. The first kappa shape index (κ1) is 11.5. The fourth-order valence-corrected chi connectivity index (χ4v) is 2.01.